The van der Waals surface area contributed by atoms with Gasteiger partial charge in [0.05, 0.1) is 24.1 Å². The molecule has 4 unspecified atom stereocenters. The summed E-state index contributed by atoms with van der Waals surface area (Å²) in [6, 6.07) is 21.1. The summed E-state index contributed by atoms with van der Waals surface area (Å²) in [5.41, 5.74) is -0.524. The van der Waals surface area contributed by atoms with Crippen LogP contribution in [0.5, 0.6) is 0 Å². The highest BCUT2D eigenvalue weighted by atomic mass is 16.7. The van der Waals surface area contributed by atoms with Crippen molar-refractivity contribution in [2.75, 3.05) is 0 Å². The van der Waals surface area contributed by atoms with E-state index in [4.69, 9.17) is 14.9 Å². The summed E-state index contributed by atoms with van der Waals surface area (Å²) in [5, 5.41) is 39.4. The van der Waals surface area contributed by atoms with E-state index in [2.05, 4.69) is 18.2 Å². The van der Waals surface area contributed by atoms with E-state index < -0.39 is 34.5 Å². The maximum atomic E-state index is 10.3. The van der Waals surface area contributed by atoms with Crippen LogP contribution in [0, 0.1) is 70.0 Å². The molecule has 0 aliphatic carbocycles. The van der Waals surface area contributed by atoms with Crippen LogP contribution in [0.4, 0.5) is 0 Å². The molecule has 0 spiro atoms. The van der Waals surface area contributed by atoms with Gasteiger partial charge in [-0.05, 0) is 19.4 Å². The van der Waals surface area contributed by atoms with Gasteiger partial charge in [-0.2, -0.15) is 15.8 Å². The molecule has 1 N–H and O–H groups in total. The standard InChI is InChI=1S/C24H20N4O2/c1-15-7-9-19(10-8-15)24-17(3)23(14-27,21(28)30-24)22(12-25,13-26)20(29-24)18-6-4-5-16(2)11-18/h4-11,17,20,28H,1-3H3. The van der Waals surface area contributed by atoms with Crippen LogP contribution < -0.4 is 0 Å². The fourth-order valence-corrected chi connectivity index (χ4v) is 4.79. The number of nitrogens with zero attached hydrogens (tertiary/aromatic N) is 3. The summed E-state index contributed by atoms with van der Waals surface area (Å²) in [7, 11) is 0. The Hall–Kier alpha value is -3.66. The van der Waals surface area contributed by atoms with Gasteiger partial charge in [0.2, 0.25) is 17.1 Å². The van der Waals surface area contributed by atoms with E-state index in [0.29, 0.717) is 11.1 Å². The number of nitrogens with one attached hydrogen (secondary N) is 1. The van der Waals surface area contributed by atoms with Crippen LogP contribution in [-0.4, -0.2) is 5.90 Å². The molecule has 148 valence electrons. The molecule has 2 saturated heterocycles. The molecule has 2 heterocycles. The highest BCUT2D eigenvalue weighted by Crippen LogP contribution is 2.68. The second-order valence-corrected chi connectivity index (χ2v) is 8.05. The third-order valence-corrected chi connectivity index (χ3v) is 6.47. The first-order valence-electron chi connectivity index (χ1n) is 9.64. The molecule has 0 aromatic heterocycles. The Morgan fingerprint density at radius 3 is 2.17 bits per heavy atom. The summed E-state index contributed by atoms with van der Waals surface area (Å²) in [6.07, 6.45) is -1.08. The first-order chi connectivity index (χ1) is 14.3. The van der Waals surface area contributed by atoms with Gasteiger partial charge in [-0.15, -0.1) is 0 Å². The fraction of sp³-hybridized carbons (Fsp3) is 0.333. The zero-order chi connectivity index (χ0) is 21.7. The van der Waals surface area contributed by atoms with Crippen LogP contribution in [0.3, 0.4) is 0 Å². The van der Waals surface area contributed by atoms with E-state index in [0.717, 1.165) is 11.1 Å². The van der Waals surface area contributed by atoms with Gasteiger partial charge in [0, 0.05) is 5.56 Å². The van der Waals surface area contributed by atoms with Crippen molar-refractivity contribution in [2.24, 2.45) is 16.7 Å². The molecule has 0 amide bonds. The molecule has 0 radical (unpaired) electrons. The van der Waals surface area contributed by atoms with Gasteiger partial charge in [-0.25, -0.2) is 0 Å². The fourth-order valence-electron chi connectivity index (χ4n) is 4.79. The van der Waals surface area contributed by atoms with Crippen molar-refractivity contribution in [3.8, 4) is 18.2 Å². The molecule has 2 aliphatic heterocycles. The van der Waals surface area contributed by atoms with Crippen LogP contribution in [0.15, 0.2) is 48.5 Å². The van der Waals surface area contributed by atoms with Crippen LogP contribution in [0.2, 0.25) is 0 Å². The van der Waals surface area contributed by atoms with Crippen molar-refractivity contribution in [3.05, 3.63) is 70.8 Å². The Morgan fingerprint density at radius 1 is 0.933 bits per heavy atom. The van der Waals surface area contributed by atoms with Gasteiger partial charge in [0.25, 0.3) is 0 Å². The average molecular weight is 396 g/mol. The third-order valence-electron chi connectivity index (χ3n) is 6.47. The molecule has 2 aromatic carbocycles. The summed E-state index contributed by atoms with van der Waals surface area (Å²) in [6.45, 7) is 5.56. The number of benzene rings is 2. The van der Waals surface area contributed by atoms with Gasteiger partial charge in [0.15, 0.2) is 5.41 Å². The first-order valence-corrected chi connectivity index (χ1v) is 9.64. The van der Waals surface area contributed by atoms with E-state index in [-0.39, 0.29) is 0 Å². The molecule has 2 bridgehead atoms. The lowest BCUT2D eigenvalue weighted by Crippen LogP contribution is -2.57. The number of aryl methyl sites for hydroxylation is 2. The number of hydrogen-bond donors (Lipinski definition) is 1. The van der Waals surface area contributed by atoms with Gasteiger partial charge in [-0.1, -0.05) is 66.6 Å². The van der Waals surface area contributed by atoms with Crippen molar-refractivity contribution in [2.45, 2.75) is 32.7 Å². The number of nitriles is 3. The molecule has 2 aromatic rings. The van der Waals surface area contributed by atoms with Crippen molar-refractivity contribution in [1.29, 1.82) is 21.2 Å². The van der Waals surface area contributed by atoms with E-state index >= 15 is 0 Å². The molecular weight excluding hydrogens is 376 g/mol. The topological polar surface area (TPSA) is 114 Å². The van der Waals surface area contributed by atoms with Crippen molar-refractivity contribution in [3.63, 3.8) is 0 Å². The molecule has 4 atom stereocenters. The Morgan fingerprint density at radius 2 is 1.60 bits per heavy atom. The minimum absolute atomic E-state index is 0.406. The first kappa shape index (κ1) is 19.6. The van der Waals surface area contributed by atoms with E-state index in [9.17, 15) is 15.8 Å². The molecular formula is C24H20N4O2. The van der Waals surface area contributed by atoms with Gasteiger partial charge in [0.1, 0.15) is 6.10 Å². The lowest BCUT2D eigenvalue weighted by atomic mass is 9.53. The van der Waals surface area contributed by atoms with Crippen LogP contribution in [-0.2, 0) is 15.3 Å². The lowest BCUT2D eigenvalue weighted by Gasteiger charge is -2.48. The lowest BCUT2D eigenvalue weighted by molar-refractivity contribution is -0.288. The molecule has 0 saturated carbocycles. The zero-order valence-corrected chi connectivity index (χ0v) is 16.9. The van der Waals surface area contributed by atoms with E-state index in [1.165, 1.54) is 0 Å². The Balaban J connectivity index is 2.04. The number of rotatable bonds is 2. The second-order valence-electron chi connectivity index (χ2n) is 8.05. The van der Waals surface area contributed by atoms with Gasteiger partial charge < -0.3 is 9.47 Å². The predicted molar refractivity (Wildman–Crippen MR) is 108 cm³/mol. The number of hydrogen-bond acceptors (Lipinski definition) is 6. The normalized spacial score (nSPS) is 31.1. The summed E-state index contributed by atoms with van der Waals surface area (Å²) in [5.74, 6) is -2.62. The van der Waals surface area contributed by atoms with Gasteiger partial charge in [-0.3, -0.25) is 5.41 Å². The summed E-state index contributed by atoms with van der Waals surface area (Å²) < 4.78 is 12.5. The molecule has 2 fully saturated rings. The van der Waals surface area contributed by atoms with Crippen LogP contribution >= 0.6 is 0 Å². The molecule has 30 heavy (non-hydrogen) atoms. The minimum Gasteiger partial charge on any atom is -0.443 e. The SMILES string of the molecule is Cc1ccc(C23OC(=N)C(C#N)(C2C)C(C#N)(C#N)C(c2cccc(C)c2)O3)cc1. The van der Waals surface area contributed by atoms with Gasteiger partial charge >= 0.3 is 0 Å². The largest absolute Gasteiger partial charge is 0.443 e. The Kier molecular flexibility index (Phi) is 4.21. The Bertz CT molecular complexity index is 1150. The van der Waals surface area contributed by atoms with Crippen molar-refractivity contribution in [1.82, 2.24) is 0 Å². The maximum absolute atomic E-state index is 10.3. The quantitative estimate of drug-likeness (QED) is 0.807. The average Bonchev–Trinajstić information content (AvgIpc) is 2.90. The molecule has 6 heteroatoms. The predicted octanol–water partition coefficient (Wildman–Crippen LogP) is 4.41. The maximum Gasteiger partial charge on any atom is 0.244 e. The smallest absolute Gasteiger partial charge is 0.244 e. The van der Waals surface area contributed by atoms with E-state index in [1.54, 1.807) is 13.0 Å². The number of ether oxygens (including phenoxy) is 2. The van der Waals surface area contributed by atoms with Crippen molar-refractivity contribution < 1.29 is 9.47 Å². The number of fused-ring (bicyclic) bond motifs is 2. The second kappa shape index (κ2) is 6.42. The zero-order valence-electron chi connectivity index (χ0n) is 16.9. The third kappa shape index (κ3) is 2.16. The molecule has 4 rings (SSSR count). The highest BCUT2D eigenvalue weighted by Gasteiger charge is 2.79. The molecule has 6 nitrogen and oxygen atoms in total. The van der Waals surface area contributed by atoms with E-state index in [1.807, 2.05) is 56.3 Å². The minimum atomic E-state index is -1.95. The summed E-state index contributed by atoms with van der Waals surface area (Å²) in [4.78, 5) is 0. The van der Waals surface area contributed by atoms with Crippen molar-refractivity contribution >= 4 is 5.90 Å². The monoisotopic (exact) mass is 396 g/mol. The van der Waals surface area contributed by atoms with Crippen LogP contribution in [0.1, 0.15) is 35.3 Å². The Labute approximate surface area is 175 Å². The van der Waals surface area contributed by atoms with Crippen LogP contribution in [0.25, 0.3) is 0 Å². The highest BCUT2D eigenvalue weighted by molar-refractivity contribution is 5.89. The molecule has 2 aliphatic rings. The summed E-state index contributed by atoms with van der Waals surface area (Å²) >= 11 is 0.